The van der Waals surface area contributed by atoms with Gasteiger partial charge in [0.15, 0.2) is 0 Å². The van der Waals surface area contributed by atoms with Gasteiger partial charge in [-0.2, -0.15) is 9.97 Å². The maximum atomic E-state index is 9.02. The number of anilines is 4. The minimum atomic E-state index is 0.0923. The summed E-state index contributed by atoms with van der Waals surface area (Å²) < 4.78 is 0. The topological polar surface area (TPSA) is 106 Å². The van der Waals surface area contributed by atoms with Gasteiger partial charge >= 0.3 is 0 Å². The van der Waals surface area contributed by atoms with Crippen molar-refractivity contribution in [2.45, 2.75) is 27.2 Å². The molecule has 2 aromatic rings. The van der Waals surface area contributed by atoms with Crippen LogP contribution in [0.15, 0.2) is 48.2 Å². The van der Waals surface area contributed by atoms with E-state index in [4.69, 9.17) is 10.5 Å². The number of hydrogen-bond acceptors (Lipinski definition) is 7. The minimum absolute atomic E-state index is 0.0923. The number of aryl methyl sites for hydroxylation is 1. The summed E-state index contributed by atoms with van der Waals surface area (Å²) in [5.74, 6) is 1.48. The predicted octanol–water partition coefficient (Wildman–Crippen LogP) is 4.21. The number of nitrogens with one attached hydrogen (secondary N) is 4. The standard InChI is InChI=1S/C21H28N6O/c1-4-9-16(5-2)24-19-17(14-22)20(25-18-11-7-6-10-15(18)3)27-21(26-19)23-12-8-13-28/h4-7,9-11,14,22,28H,8,12-13H2,1-3H3,(H3,23,24,25,26,27)/b9-4-,16-5+,22-14?. The van der Waals surface area contributed by atoms with E-state index in [1.807, 2.05) is 63.3 Å². The molecule has 0 aliphatic carbocycles. The van der Waals surface area contributed by atoms with Gasteiger partial charge in [0.1, 0.15) is 11.6 Å². The summed E-state index contributed by atoms with van der Waals surface area (Å²) in [6.07, 6.45) is 7.63. The summed E-state index contributed by atoms with van der Waals surface area (Å²) in [5.41, 5.74) is 3.41. The molecule has 0 fully saturated rings. The van der Waals surface area contributed by atoms with Crippen molar-refractivity contribution < 1.29 is 5.11 Å². The Morgan fingerprint density at radius 2 is 1.93 bits per heavy atom. The molecule has 2 rings (SSSR count). The lowest BCUT2D eigenvalue weighted by Crippen LogP contribution is -2.13. The first kappa shape index (κ1) is 21.1. The molecule has 1 aromatic carbocycles. The summed E-state index contributed by atoms with van der Waals surface area (Å²) in [6, 6.07) is 7.90. The van der Waals surface area contributed by atoms with Crippen LogP contribution >= 0.6 is 0 Å². The average molecular weight is 380 g/mol. The Kier molecular flexibility index (Phi) is 8.17. The van der Waals surface area contributed by atoms with E-state index in [0.717, 1.165) is 16.9 Å². The number of rotatable bonds is 10. The summed E-state index contributed by atoms with van der Waals surface area (Å²) >= 11 is 0. The third-order valence-corrected chi connectivity index (χ3v) is 4.03. The second-order valence-electron chi connectivity index (χ2n) is 6.12. The SMILES string of the molecule is C/C=C\C(=C/C)Nc1nc(NCCCO)nc(Nc2ccccc2C)c1C=N. The Hall–Kier alpha value is -3.19. The second kappa shape index (κ2) is 10.8. The van der Waals surface area contributed by atoms with Crippen LogP contribution in [0.1, 0.15) is 31.4 Å². The Morgan fingerprint density at radius 3 is 2.57 bits per heavy atom. The maximum absolute atomic E-state index is 9.02. The van der Waals surface area contributed by atoms with E-state index >= 15 is 0 Å². The zero-order valence-electron chi connectivity index (χ0n) is 16.6. The third kappa shape index (κ3) is 5.65. The van der Waals surface area contributed by atoms with E-state index in [2.05, 4.69) is 25.9 Å². The lowest BCUT2D eigenvalue weighted by atomic mass is 10.2. The molecular formula is C21H28N6O. The minimum Gasteiger partial charge on any atom is -0.396 e. The molecule has 0 radical (unpaired) electrons. The fraction of sp³-hybridized carbons (Fsp3) is 0.286. The van der Waals surface area contributed by atoms with Crippen molar-refractivity contribution in [3.05, 3.63) is 59.3 Å². The number of aliphatic hydroxyl groups is 1. The van der Waals surface area contributed by atoms with Gasteiger partial charge < -0.3 is 26.5 Å². The normalized spacial score (nSPS) is 11.5. The lowest BCUT2D eigenvalue weighted by molar-refractivity contribution is 0.292. The van der Waals surface area contributed by atoms with Crippen molar-refractivity contribution in [3.63, 3.8) is 0 Å². The van der Waals surface area contributed by atoms with E-state index in [-0.39, 0.29) is 6.61 Å². The smallest absolute Gasteiger partial charge is 0.226 e. The van der Waals surface area contributed by atoms with Crippen molar-refractivity contribution in [1.29, 1.82) is 5.41 Å². The van der Waals surface area contributed by atoms with Crippen LogP contribution in [-0.4, -0.2) is 34.4 Å². The molecule has 0 spiro atoms. The molecule has 7 nitrogen and oxygen atoms in total. The first-order valence-electron chi connectivity index (χ1n) is 9.28. The number of aliphatic hydroxyl groups excluding tert-OH is 1. The van der Waals surface area contributed by atoms with E-state index in [0.29, 0.717) is 36.1 Å². The van der Waals surface area contributed by atoms with Gasteiger partial charge in [0.25, 0.3) is 0 Å². The third-order valence-electron chi connectivity index (χ3n) is 4.03. The molecule has 28 heavy (non-hydrogen) atoms. The number of para-hydroxylation sites is 1. The van der Waals surface area contributed by atoms with Gasteiger partial charge in [-0.3, -0.25) is 0 Å². The molecule has 0 amide bonds. The molecule has 1 heterocycles. The number of aromatic nitrogens is 2. The molecule has 5 N–H and O–H groups in total. The van der Waals surface area contributed by atoms with Gasteiger partial charge in [0, 0.05) is 30.8 Å². The molecule has 0 saturated carbocycles. The van der Waals surface area contributed by atoms with Crippen LogP contribution in [0.4, 0.5) is 23.3 Å². The monoisotopic (exact) mass is 380 g/mol. The highest BCUT2D eigenvalue weighted by Crippen LogP contribution is 2.27. The first-order chi connectivity index (χ1) is 13.6. The van der Waals surface area contributed by atoms with Gasteiger partial charge in [-0.15, -0.1) is 0 Å². The van der Waals surface area contributed by atoms with Crippen molar-refractivity contribution in [1.82, 2.24) is 9.97 Å². The quantitative estimate of drug-likeness (QED) is 0.240. The number of hydrogen-bond donors (Lipinski definition) is 5. The van der Waals surface area contributed by atoms with Gasteiger partial charge in [-0.25, -0.2) is 0 Å². The van der Waals surface area contributed by atoms with Crippen LogP contribution in [0.3, 0.4) is 0 Å². The molecule has 0 unspecified atom stereocenters. The molecule has 148 valence electrons. The van der Waals surface area contributed by atoms with Crippen LogP contribution in [0.5, 0.6) is 0 Å². The van der Waals surface area contributed by atoms with Crippen molar-refractivity contribution in [2.75, 3.05) is 29.1 Å². The van der Waals surface area contributed by atoms with Crippen molar-refractivity contribution in [3.8, 4) is 0 Å². The van der Waals surface area contributed by atoms with Crippen molar-refractivity contribution in [2.24, 2.45) is 0 Å². The first-order valence-corrected chi connectivity index (χ1v) is 9.28. The van der Waals surface area contributed by atoms with Gasteiger partial charge in [-0.1, -0.05) is 30.4 Å². The van der Waals surface area contributed by atoms with Crippen LogP contribution in [0, 0.1) is 12.3 Å². The summed E-state index contributed by atoms with van der Waals surface area (Å²) in [6.45, 7) is 6.53. The van der Waals surface area contributed by atoms with Gasteiger partial charge in [-0.05, 0) is 44.9 Å². The average Bonchev–Trinajstić information content (AvgIpc) is 2.69. The fourth-order valence-corrected chi connectivity index (χ4v) is 2.52. The van der Waals surface area contributed by atoms with Crippen molar-refractivity contribution >= 4 is 29.5 Å². The second-order valence-corrected chi connectivity index (χ2v) is 6.12. The highest BCUT2D eigenvalue weighted by atomic mass is 16.3. The molecule has 7 heteroatoms. The molecule has 0 atom stereocenters. The molecule has 0 bridgehead atoms. The zero-order valence-corrected chi connectivity index (χ0v) is 16.6. The maximum Gasteiger partial charge on any atom is 0.226 e. The number of nitrogens with zero attached hydrogens (tertiary/aromatic N) is 2. The Labute approximate surface area is 166 Å². The number of benzene rings is 1. The largest absolute Gasteiger partial charge is 0.396 e. The summed E-state index contributed by atoms with van der Waals surface area (Å²) in [5, 5.41) is 26.6. The van der Waals surface area contributed by atoms with Crippen LogP contribution in [-0.2, 0) is 0 Å². The summed E-state index contributed by atoms with van der Waals surface area (Å²) in [7, 11) is 0. The number of allylic oxidation sites excluding steroid dienone is 3. The van der Waals surface area contributed by atoms with Gasteiger partial charge in [0.05, 0.1) is 5.56 Å². The van der Waals surface area contributed by atoms with E-state index in [1.165, 1.54) is 6.21 Å². The van der Waals surface area contributed by atoms with E-state index < -0.39 is 0 Å². The molecule has 0 saturated heterocycles. The Bertz CT molecular complexity index is 860. The Morgan fingerprint density at radius 1 is 1.18 bits per heavy atom. The molecule has 0 aliphatic rings. The lowest BCUT2D eigenvalue weighted by Gasteiger charge is -2.17. The van der Waals surface area contributed by atoms with E-state index in [1.54, 1.807) is 0 Å². The van der Waals surface area contributed by atoms with Crippen LogP contribution in [0.25, 0.3) is 0 Å². The molecule has 1 aromatic heterocycles. The zero-order chi connectivity index (χ0) is 20.4. The Balaban J connectivity index is 2.47. The highest BCUT2D eigenvalue weighted by Gasteiger charge is 2.14. The molecular weight excluding hydrogens is 352 g/mol. The fourth-order valence-electron chi connectivity index (χ4n) is 2.52. The molecule has 0 aliphatic heterocycles. The van der Waals surface area contributed by atoms with Crippen LogP contribution < -0.4 is 16.0 Å². The van der Waals surface area contributed by atoms with Gasteiger partial charge in [0.2, 0.25) is 5.95 Å². The van der Waals surface area contributed by atoms with E-state index in [9.17, 15) is 0 Å². The highest BCUT2D eigenvalue weighted by molar-refractivity contribution is 5.93. The van der Waals surface area contributed by atoms with Crippen LogP contribution in [0.2, 0.25) is 0 Å². The predicted molar refractivity (Wildman–Crippen MR) is 117 cm³/mol. The summed E-state index contributed by atoms with van der Waals surface area (Å²) in [4.78, 5) is 9.08.